The highest BCUT2D eigenvalue weighted by Crippen LogP contribution is 2.17. The Morgan fingerprint density at radius 1 is 1.42 bits per heavy atom. The van der Waals surface area contributed by atoms with Crippen molar-refractivity contribution in [3.05, 3.63) is 22.4 Å². The molecule has 5 nitrogen and oxygen atoms in total. The van der Waals surface area contributed by atoms with Crippen LogP contribution < -0.4 is 5.32 Å². The molecule has 0 saturated carbocycles. The number of nitrogens with zero attached hydrogens (tertiary/aromatic N) is 2. The summed E-state index contributed by atoms with van der Waals surface area (Å²) in [5.74, 6) is -0.284. The standard InChI is InChI=1S/C13H20BrN3O2/c1-4-6-17-8-10(14)7-11(17)13(19)16(5-2)9-12(18)15-3/h7-8H,4-6,9H2,1-3H3,(H,15,18). The van der Waals surface area contributed by atoms with Crippen LogP contribution >= 0.6 is 15.9 Å². The Hall–Kier alpha value is -1.30. The van der Waals surface area contributed by atoms with Gasteiger partial charge >= 0.3 is 0 Å². The predicted molar refractivity (Wildman–Crippen MR) is 78.1 cm³/mol. The zero-order valence-electron chi connectivity index (χ0n) is 11.6. The highest BCUT2D eigenvalue weighted by molar-refractivity contribution is 9.10. The van der Waals surface area contributed by atoms with Crippen LogP contribution in [0.15, 0.2) is 16.7 Å². The molecule has 0 aromatic carbocycles. The monoisotopic (exact) mass is 329 g/mol. The minimum Gasteiger partial charge on any atom is -0.358 e. The summed E-state index contributed by atoms with van der Waals surface area (Å²) in [5.41, 5.74) is 0.611. The fourth-order valence-electron chi connectivity index (χ4n) is 1.82. The van der Waals surface area contributed by atoms with E-state index in [-0.39, 0.29) is 18.4 Å². The molecule has 2 amide bonds. The zero-order chi connectivity index (χ0) is 14.4. The number of hydrogen-bond acceptors (Lipinski definition) is 2. The Labute approximate surface area is 122 Å². The average molecular weight is 330 g/mol. The molecule has 1 aromatic rings. The van der Waals surface area contributed by atoms with Crippen LogP contribution in [0.2, 0.25) is 0 Å². The number of likely N-dealkylation sites (N-methyl/N-ethyl adjacent to an activating group) is 2. The van der Waals surface area contributed by atoms with E-state index in [4.69, 9.17) is 0 Å². The summed E-state index contributed by atoms with van der Waals surface area (Å²) in [4.78, 5) is 25.4. The topological polar surface area (TPSA) is 54.3 Å². The molecular formula is C13H20BrN3O2. The fourth-order valence-corrected chi connectivity index (χ4v) is 2.29. The number of carbonyl (C=O) groups excluding carboxylic acids is 2. The Bertz CT molecular complexity index is 457. The SMILES string of the molecule is CCCn1cc(Br)cc1C(=O)N(CC)CC(=O)NC. The summed E-state index contributed by atoms with van der Waals surface area (Å²) < 4.78 is 2.79. The van der Waals surface area contributed by atoms with Gasteiger partial charge in [0.25, 0.3) is 5.91 Å². The van der Waals surface area contributed by atoms with Crippen molar-refractivity contribution in [3.63, 3.8) is 0 Å². The second kappa shape index (κ2) is 7.33. The maximum absolute atomic E-state index is 12.4. The van der Waals surface area contributed by atoms with Crippen LogP contribution in [0.3, 0.4) is 0 Å². The van der Waals surface area contributed by atoms with E-state index in [9.17, 15) is 9.59 Å². The molecule has 1 heterocycles. The van der Waals surface area contributed by atoms with Crippen molar-refractivity contribution in [1.82, 2.24) is 14.8 Å². The third-order valence-corrected chi connectivity index (χ3v) is 3.26. The molecule has 0 spiro atoms. The van der Waals surface area contributed by atoms with Gasteiger partial charge < -0.3 is 14.8 Å². The lowest BCUT2D eigenvalue weighted by molar-refractivity contribution is -0.121. The molecule has 0 radical (unpaired) electrons. The van der Waals surface area contributed by atoms with Crippen LogP contribution in [0.25, 0.3) is 0 Å². The Balaban J connectivity index is 2.93. The van der Waals surface area contributed by atoms with Crippen LogP contribution in [0.4, 0.5) is 0 Å². The van der Waals surface area contributed by atoms with Crippen molar-refractivity contribution >= 4 is 27.7 Å². The molecule has 6 heteroatoms. The first-order valence-corrected chi connectivity index (χ1v) is 7.18. The second-order valence-corrected chi connectivity index (χ2v) is 5.15. The second-order valence-electron chi connectivity index (χ2n) is 4.23. The lowest BCUT2D eigenvalue weighted by atomic mass is 10.3. The van der Waals surface area contributed by atoms with E-state index < -0.39 is 0 Å². The Kier molecular flexibility index (Phi) is 6.08. The van der Waals surface area contributed by atoms with E-state index in [0.29, 0.717) is 12.2 Å². The normalized spacial score (nSPS) is 10.3. The van der Waals surface area contributed by atoms with Crippen molar-refractivity contribution < 1.29 is 9.59 Å². The molecule has 1 aromatic heterocycles. The highest BCUT2D eigenvalue weighted by atomic mass is 79.9. The predicted octanol–water partition coefficient (Wildman–Crippen LogP) is 1.87. The molecule has 1 N–H and O–H groups in total. The molecule has 19 heavy (non-hydrogen) atoms. The van der Waals surface area contributed by atoms with Crippen LogP contribution in [-0.2, 0) is 11.3 Å². The van der Waals surface area contributed by atoms with Gasteiger partial charge in [0.15, 0.2) is 0 Å². The van der Waals surface area contributed by atoms with Crippen molar-refractivity contribution in [1.29, 1.82) is 0 Å². The van der Waals surface area contributed by atoms with Gasteiger partial charge in [-0.2, -0.15) is 0 Å². The number of rotatable bonds is 6. The van der Waals surface area contributed by atoms with Crippen molar-refractivity contribution in [2.75, 3.05) is 20.1 Å². The zero-order valence-corrected chi connectivity index (χ0v) is 13.2. The Morgan fingerprint density at radius 3 is 2.63 bits per heavy atom. The quantitative estimate of drug-likeness (QED) is 0.866. The van der Waals surface area contributed by atoms with E-state index in [1.165, 1.54) is 4.90 Å². The van der Waals surface area contributed by atoms with Crippen LogP contribution in [0.5, 0.6) is 0 Å². The number of amides is 2. The third-order valence-electron chi connectivity index (χ3n) is 2.83. The average Bonchev–Trinajstić information content (AvgIpc) is 2.76. The molecule has 106 valence electrons. The molecule has 0 atom stereocenters. The molecule has 0 saturated heterocycles. The molecule has 1 rings (SSSR count). The fraction of sp³-hybridized carbons (Fsp3) is 0.538. The number of nitrogens with one attached hydrogen (secondary N) is 1. The maximum Gasteiger partial charge on any atom is 0.270 e. The van der Waals surface area contributed by atoms with Crippen molar-refractivity contribution in [2.45, 2.75) is 26.8 Å². The first-order valence-electron chi connectivity index (χ1n) is 6.39. The number of halogens is 1. The van der Waals surface area contributed by atoms with Crippen molar-refractivity contribution in [2.24, 2.45) is 0 Å². The van der Waals surface area contributed by atoms with Gasteiger partial charge in [0, 0.05) is 30.8 Å². The number of carbonyl (C=O) groups is 2. The summed E-state index contributed by atoms with van der Waals surface area (Å²) in [5, 5.41) is 2.53. The third kappa shape index (κ3) is 4.09. The lowest BCUT2D eigenvalue weighted by Crippen LogP contribution is -2.40. The van der Waals surface area contributed by atoms with E-state index in [0.717, 1.165) is 17.4 Å². The first kappa shape index (κ1) is 15.8. The summed E-state index contributed by atoms with van der Waals surface area (Å²) >= 11 is 3.39. The summed E-state index contributed by atoms with van der Waals surface area (Å²) in [6.45, 7) is 5.29. The van der Waals surface area contributed by atoms with Crippen LogP contribution in [-0.4, -0.2) is 41.4 Å². The van der Waals surface area contributed by atoms with Gasteiger partial charge in [0.2, 0.25) is 5.91 Å². The Morgan fingerprint density at radius 2 is 2.11 bits per heavy atom. The molecule has 0 aliphatic rings. The highest BCUT2D eigenvalue weighted by Gasteiger charge is 2.20. The molecule has 0 fully saturated rings. The number of aromatic nitrogens is 1. The molecule has 0 bridgehead atoms. The maximum atomic E-state index is 12.4. The largest absolute Gasteiger partial charge is 0.358 e. The summed E-state index contributed by atoms with van der Waals surface area (Å²) in [7, 11) is 1.57. The van der Waals surface area contributed by atoms with Gasteiger partial charge in [-0.3, -0.25) is 9.59 Å². The van der Waals surface area contributed by atoms with E-state index >= 15 is 0 Å². The van der Waals surface area contributed by atoms with Gasteiger partial charge in [0.1, 0.15) is 5.69 Å². The summed E-state index contributed by atoms with van der Waals surface area (Å²) in [6.07, 6.45) is 2.84. The number of aryl methyl sites for hydroxylation is 1. The van der Waals surface area contributed by atoms with Crippen molar-refractivity contribution in [3.8, 4) is 0 Å². The smallest absolute Gasteiger partial charge is 0.270 e. The van der Waals surface area contributed by atoms with Gasteiger partial charge in [-0.1, -0.05) is 6.92 Å². The minimum absolute atomic E-state index is 0.0841. The molecule has 0 aliphatic heterocycles. The van der Waals surface area contributed by atoms with Crippen LogP contribution in [0.1, 0.15) is 30.8 Å². The van der Waals surface area contributed by atoms with Crippen LogP contribution in [0, 0.1) is 0 Å². The lowest BCUT2D eigenvalue weighted by Gasteiger charge is -2.20. The number of hydrogen-bond donors (Lipinski definition) is 1. The van der Waals surface area contributed by atoms with Gasteiger partial charge in [-0.15, -0.1) is 0 Å². The molecular weight excluding hydrogens is 310 g/mol. The van der Waals surface area contributed by atoms with E-state index in [2.05, 4.69) is 28.2 Å². The van der Waals surface area contributed by atoms with Gasteiger partial charge in [-0.05, 0) is 35.3 Å². The minimum atomic E-state index is -0.164. The van der Waals surface area contributed by atoms with E-state index in [1.54, 1.807) is 13.1 Å². The van der Waals surface area contributed by atoms with Gasteiger partial charge in [-0.25, -0.2) is 0 Å². The summed E-state index contributed by atoms with van der Waals surface area (Å²) in [6, 6.07) is 1.80. The molecule has 0 aliphatic carbocycles. The van der Waals surface area contributed by atoms with Gasteiger partial charge in [0.05, 0.1) is 6.54 Å². The van der Waals surface area contributed by atoms with E-state index in [1.807, 2.05) is 17.7 Å². The first-order chi connectivity index (χ1) is 9.03. The molecule has 0 unspecified atom stereocenters.